The van der Waals surface area contributed by atoms with Crippen LogP contribution in [-0.4, -0.2) is 55.1 Å². The first kappa shape index (κ1) is 21.6. The Hall–Kier alpha value is -3.22. The zero-order valence-corrected chi connectivity index (χ0v) is 19.2. The van der Waals surface area contributed by atoms with Gasteiger partial charge in [0.05, 0.1) is 23.0 Å². The molecule has 0 bridgehead atoms. The molecular weight excluding hydrogens is 419 g/mol. The van der Waals surface area contributed by atoms with Crippen molar-refractivity contribution in [2.75, 3.05) is 42.5 Å². The number of fused-ring (bicyclic) bond motifs is 2. The van der Waals surface area contributed by atoms with Crippen LogP contribution in [0.25, 0.3) is 0 Å². The molecule has 0 N–H and O–H groups in total. The van der Waals surface area contributed by atoms with Gasteiger partial charge in [0, 0.05) is 31.9 Å². The molecule has 5 rings (SSSR count). The van der Waals surface area contributed by atoms with Crippen LogP contribution < -0.4 is 9.80 Å². The molecule has 0 aromatic heterocycles. The summed E-state index contributed by atoms with van der Waals surface area (Å²) in [6.07, 6.45) is 2.58. The van der Waals surface area contributed by atoms with Gasteiger partial charge >= 0.3 is 0 Å². The van der Waals surface area contributed by atoms with Crippen molar-refractivity contribution in [2.24, 2.45) is 10.9 Å². The van der Waals surface area contributed by atoms with Crippen LogP contribution in [0.3, 0.4) is 0 Å². The summed E-state index contributed by atoms with van der Waals surface area (Å²) in [6.45, 7) is 6.19. The van der Waals surface area contributed by atoms with Crippen molar-refractivity contribution in [3.05, 3.63) is 53.3 Å². The van der Waals surface area contributed by atoms with Crippen LogP contribution in [0.15, 0.2) is 41.4 Å². The highest BCUT2D eigenvalue weighted by Gasteiger charge is 2.38. The highest BCUT2D eigenvalue weighted by atomic mass is 19.1. The van der Waals surface area contributed by atoms with Gasteiger partial charge in [-0.3, -0.25) is 14.6 Å². The molecule has 2 aliphatic heterocycles. The average molecular weight is 449 g/mol. The topological polar surface area (TPSA) is 56.2 Å². The molecule has 2 aromatic rings. The van der Waals surface area contributed by atoms with E-state index in [4.69, 9.17) is 4.99 Å². The number of amides is 2. The Labute approximate surface area is 193 Å². The second kappa shape index (κ2) is 8.61. The van der Waals surface area contributed by atoms with Crippen molar-refractivity contribution >= 4 is 34.6 Å². The van der Waals surface area contributed by atoms with Crippen molar-refractivity contribution in [2.45, 2.75) is 33.1 Å². The lowest BCUT2D eigenvalue weighted by molar-refractivity contribution is -0.132. The number of carbonyl (C=O) groups excluding carboxylic acids is 2. The van der Waals surface area contributed by atoms with Crippen molar-refractivity contribution < 1.29 is 14.0 Å². The molecule has 1 saturated heterocycles. The number of piperazine rings is 1. The van der Waals surface area contributed by atoms with Crippen LogP contribution in [0.2, 0.25) is 0 Å². The molecule has 1 aliphatic carbocycles. The second-order valence-corrected chi connectivity index (χ2v) is 9.22. The molecule has 2 heterocycles. The minimum Gasteiger partial charge on any atom is -0.366 e. The smallest absolute Gasteiger partial charge is 0.242 e. The SMILES string of the molecule is Cc1cc2c(cc1C)N(CC(=O)N1CCN(c3ccccc3F)CC1)C(=O)[C@@H]1CCCC1=N2. The summed E-state index contributed by atoms with van der Waals surface area (Å²) in [5, 5.41) is 0. The first-order valence-corrected chi connectivity index (χ1v) is 11.7. The predicted octanol–water partition coefficient (Wildman–Crippen LogP) is 4.01. The zero-order chi connectivity index (χ0) is 23.1. The van der Waals surface area contributed by atoms with Crippen LogP contribution >= 0.6 is 0 Å². The molecule has 2 aromatic carbocycles. The van der Waals surface area contributed by atoms with Gasteiger partial charge in [-0.2, -0.15) is 0 Å². The molecule has 6 nitrogen and oxygen atoms in total. The number of anilines is 2. The molecule has 3 aliphatic rings. The Morgan fingerprint density at radius 2 is 1.79 bits per heavy atom. The van der Waals surface area contributed by atoms with Gasteiger partial charge in [-0.15, -0.1) is 0 Å². The fourth-order valence-corrected chi connectivity index (χ4v) is 5.08. The lowest BCUT2D eigenvalue weighted by Gasteiger charge is -2.37. The third kappa shape index (κ3) is 4.01. The van der Waals surface area contributed by atoms with Crippen LogP contribution in [0.4, 0.5) is 21.5 Å². The van der Waals surface area contributed by atoms with Gasteiger partial charge in [0.2, 0.25) is 11.8 Å². The number of nitrogens with zero attached hydrogens (tertiary/aromatic N) is 4. The first-order chi connectivity index (χ1) is 15.9. The fraction of sp³-hybridized carbons (Fsp3) is 0.423. The van der Waals surface area contributed by atoms with E-state index in [0.29, 0.717) is 31.9 Å². The van der Waals surface area contributed by atoms with E-state index in [0.717, 1.165) is 47.5 Å². The number of para-hydroxylation sites is 1. The third-order valence-electron chi connectivity index (χ3n) is 7.16. The van der Waals surface area contributed by atoms with Gasteiger partial charge in [-0.1, -0.05) is 12.1 Å². The van der Waals surface area contributed by atoms with Gasteiger partial charge in [0.15, 0.2) is 0 Å². The largest absolute Gasteiger partial charge is 0.366 e. The van der Waals surface area contributed by atoms with Crippen molar-refractivity contribution in [3.8, 4) is 0 Å². The molecule has 0 unspecified atom stereocenters. The maximum atomic E-state index is 14.2. The van der Waals surface area contributed by atoms with Crippen LogP contribution in [0, 0.1) is 25.6 Å². The second-order valence-electron chi connectivity index (χ2n) is 9.22. The first-order valence-electron chi connectivity index (χ1n) is 11.7. The molecular formula is C26H29FN4O2. The maximum Gasteiger partial charge on any atom is 0.242 e. The van der Waals surface area contributed by atoms with E-state index in [-0.39, 0.29) is 30.1 Å². The average Bonchev–Trinajstić information content (AvgIpc) is 3.24. The molecule has 0 radical (unpaired) electrons. The van der Waals surface area contributed by atoms with Gasteiger partial charge < -0.3 is 14.7 Å². The molecule has 1 saturated carbocycles. The minimum atomic E-state index is -0.248. The lowest BCUT2D eigenvalue weighted by Crippen LogP contribution is -2.52. The summed E-state index contributed by atoms with van der Waals surface area (Å²) in [4.78, 5) is 37.1. The molecule has 1 atom stereocenters. The summed E-state index contributed by atoms with van der Waals surface area (Å²) < 4.78 is 14.2. The molecule has 172 valence electrons. The summed E-state index contributed by atoms with van der Waals surface area (Å²) in [6, 6.07) is 10.7. The Balaban J connectivity index is 1.35. The minimum absolute atomic E-state index is 0.00727. The molecule has 7 heteroatoms. The number of rotatable bonds is 3. The van der Waals surface area contributed by atoms with Gasteiger partial charge in [-0.25, -0.2) is 4.39 Å². The van der Waals surface area contributed by atoms with E-state index in [1.165, 1.54) is 6.07 Å². The fourth-order valence-electron chi connectivity index (χ4n) is 5.08. The van der Waals surface area contributed by atoms with E-state index in [2.05, 4.69) is 0 Å². The van der Waals surface area contributed by atoms with E-state index in [9.17, 15) is 14.0 Å². The number of aryl methyl sites for hydroxylation is 2. The van der Waals surface area contributed by atoms with Gasteiger partial charge in [0.25, 0.3) is 0 Å². The normalized spacial score (nSPS) is 20.3. The predicted molar refractivity (Wildman–Crippen MR) is 128 cm³/mol. The Morgan fingerprint density at radius 1 is 1.06 bits per heavy atom. The lowest BCUT2D eigenvalue weighted by atomic mass is 10.0. The standard InChI is InChI=1S/C26H29FN4O2/c1-17-14-22-24(15-18(17)2)31(26(33)19-6-5-8-21(19)28-22)16-25(32)30-12-10-29(11-13-30)23-9-4-3-7-20(23)27/h3-4,7,9,14-15,19H,5-6,8,10-13,16H2,1-2H3/t19-/m1/s1. The summed E-state index contributed by atoms with van der Waals surface area (Å²) >= 11 is 0. The van der Waals surface area contributed by atoms with Crippen LogP contribution in [-0.2, 0) is 9.59 Å². The molecule has 33 heavy (non-hydrogen) atoms. The van der Waals surface area contributed by atoms with Crippen molar-refractivity contribution in [1.82, 2.24) is 4.90 Å². The van der Waals surface area contributed by atoms with Gasteiger partial charge in [-0.05, 0) is 68.5 Å². The maximum absolute atomic E-state index is 14.2. The Morgan fingerprint density at radius 3 is 2.55 bits per heavy atom. The summed E-state index contributed by atoms with van der Waals surface area (Å²) in [5.74, 6) is -0.584. The van der Waals surface area contributed by atoms with Crippen molar-refractivity contribution in [1.29, 1.82) is 0 Å². The number of aliphatic imine (C=N–C) groups is 1. The van der Waals surface area contributed by atoms with E-state index < -0.39 is 0 Å². The third-order valence-corrected chi connectivity index (χ3v) is 7.16. The van der Waals surface area contributed by atoms with Crippen LogP contribution in [0.5, 0.6) is 0 Å². The molecule has 2 fully saturated rings. The van der Waals surface area contributed by atoms with E-state index in [1.54, 1.807) is 21.9 Å². The monoisotopic (exact) mass is 448 g/mol. The van der Waals surface area contributed by atoms with Crippen molar-refractivity contribution in [3.63, 3.8) is 0 Å². The van der Waals surface area contributed by atoms with Crippen LogP contribution in [0.1, 0.15) is 30.4 Å². The highest BCUT2D eigenvalue weighted by Crippen LogP contribution is 2.39. The Bertz CT molecular complexity index is 1140. The van der Waals surface area contributed by atoms with E-state index >= 15 is 0 Å². The summed E-state index contributed by atoms with van der Waals surface area (Å²) in [5.41, 5.74) is 5.21. The number of halogens is 1. The quantitative estimate of drug-likeness (QED) is 0.713. The summed E-state index contributed by atoms with van der Waals surface area (Å²) in [7, 11) is 0. The number of benzene rings is 2. The highest BCUT2D eigenvalue weighted by molar-refractivity contribution is 6.16. The van der Waals surface area contributed by atoms with E-state index in [1.807, 2.05) is 36.9 Å². The van der Waals surface area contributed by atoms with Gasteiger partial charge in [0.1, 0.15) is 12.4 Å². The zero-order valence-electron chi connectivity index (χ0n) is 19.2. The molecule has 0 spiro atoms. The number of hydrogen-bond acceptors (Lipinski definition) is 4. The number of hydrogen-bond donors (Lipinski definition) is 0. The Kier molecular flexibility index (Phi) is 5.64. The molecule has 2 amide bonds. The number of carbonyl (C=O) groups is 2.